The van der Waals surface area contributed by atoms with Gasteiger partial charge in [-0.25, -0.2) is 0 Å². The monoisotopic (exact) mass is 253 g/mol. The van der Waals surface area contributed by atoms with E-state index in [-0.39, 0.29) is 18.5 Å². The lowest BCUT2D eigenvalue weighted by molar-refractivity contribution is 0.241. The first kappa shape index (κ1) is 11.9. The predicted molar refractivity (Wildman–Crippen MR) is 60.9 cm³/mol. The minimum atomic E-state index is 0. The molecule has 1 heterocycles. The van der Waals surface area contributed by atoms with E-state index in [9.17, 15) is 0 Å². The van der Waals surface area contributed by atoms with Crippen LogP contribution in [0, 0.1) is 0 Å². The molecule has 0 radical (unpaired) electrons. The van der Waals surface area contributed by atoms with E-state index in [1.165, 1.54) is 0 Å². The first-order chi connectivity index (χ1) is 6.20. The molecule has 1 aromatic carbocycles. The SMILES string of the molecule is Cl.NCC1Cc2cc(Cl)cc(Cl)c2O1. The molecule has 0 aromatic heterocycles. The molecule has 0 amide bonds. The van der Waals surface area contributed by atoms with Crippen LogP contribution in [0.3, 0.4) is 0 Å². The molecule has 1 atom stereocenters. The Morgan fingerprint density at radius 1 is 1.43 bits per heavy atom. The number of nitrogens with two attached hydrogens (primary N) is 1. The Kier molecular flexibility index (Phi) is 3.90. The summed E-state index contributed by atoms with van der Waals surface area (Å²) in [5.74, 6) is 0.738. The van der Waals surface area contributed by atoms with Gasteiger partial charge in [-0.1, -0.05) is 23.2 Å². The van der Waals surface area contributed by atoms with Gasteiger partial charge >= 0.3 is 0 Å². The van der Waals surface area contributed by atoms with Crippen LogP contribution < -0.4 is 10.5 Å². The van der Waals surface area contributed by atoms with Crippen molar-refractivity contribution in [2.24, 2.45) is 5.73 Å². The van der Waals surface area contributed by atoms with Gasteiger partial charge in [0, 0.05) is 23.6 Å². The molecule has 1 aliphatic rings. The molecule has 14 heavy (non-hydrogen) atoms. The fourth-order valence-electron chi connectivity index (χ4n) is 1.48. The summed E-state index contributed by atoms with van der Waals surface area (Å²) in [4.78, 5) is 0. The second-order valence-corrected chi connectivity index (χ2v) is 3.90. The van der Waals surface area contributed by atoms with Crippen molar-refractivity contribution < 1.29 is 4.74 Å². The third kappa shape index (κ3) is 2.09. The second kappa shape index (κ2) is 4.58. The van der Waals surface area contributed by atoms with Crippen LogP contribution in [0.2, 0.25) is 10.0 Å². The molecular formula is C9H10Cl3NO. The highest BCUT2D eigenvalue weighted by Crippen LogP contribution is 2.37. The lowest BCUT2D eigenvalue weighted by Crippen LogP contribution is -2.24. The van der Waals surface area contributed by atoms with E-state index in [0.29, 0.717) is 16.6 Å². The van der Waals surface area contributed by atoms with Crippen molar-refractivity contribution in [3.63, 3.8) is 0 Å². The van der Waals surface area contributed by atoms with Gasteiger partial charge in [0.2, 0.25) is 0 Å². The summed E-state index contributed by atoms with van der Waals surface area (Å²) in [7, 11) is 0. The van der Waals surface area contributed by atoms with Crippen molar-refractivity contribution in [3.8, 4) is 5.75 Å². The Morgan fingerprint density at radius 3 is 2.79 bits per heavy atom. The van der Waals surface area contributed by atoms with Gasteiger partial charge in [0.05, 0.1) is 5.02 Å². The van der Waals surface area contributed by atoms with Crippen LogP contribution in [0.15, 0.2) is 12.1 Å². The predicted octanol–water partition coefficient (Wildman–Crippen LogP) is 2.68. The summed E-state index contributed by atoms with van der Waals surface area (Å²) in [5.41, 5.74) is 6.55. The topological polar surface area (TPSA) is 35.2 Å². The first-order valence-electron chi connectivity index (χ1n) is 4.05. The van der Waals surface area contributed by atoms with Crippen LogP contribution in [0.25, 0.3) is 0 Å². The number of ether oxygens (including phenoxy) is 1. The molecule has 0 saturated heterocycles. The molecule has 5 heteroatoms. The number of hydrogen-bond donors (Lipinski definition) is 1. The molecule has 2 N–H and O–H groups in total. The summed E-state index contributed by atoms with van der Waals surface area (Å²) >= 11 is 11.8. The largest absolute Gasteiger partial charge is 0.487 e. The van der Waals surface area contributed by atoms with Crippen LogP contribution in [-0.2, 0) is 6.42 Å². The minimum absolute atomic E-state index is 0. The number of halogens is 3. The normalized spacial score (nSPS) is 18.4. The summed E-state index contributed by atoms with van der Waals surface area (Å²) in [6.45, 7) is 0.503. The zero-order valence-electron chi connectivity index (χ0n) is 7.30. The fourth-order valence-corrected chi connectivity index (χ4v) is 2.06. The third-order valence-electron chi connectivity index (χ3n) is 2.08. The quantitative estimate of drug-likeness (QED) is 0.836. The fraction of sp³-hybridized carbons (Fsp3) is 0.333. The molecule has 0 fully saturated rings. The van der Waals surface area contributed by atoms with Crippen molar-refractivity contribution in [1.29, 1.82) is 0 Å². The Hall–Kier alpha value is -0.150. The number of rotatable bonds is 1. The van der Waals surface area contributed by atoms with E-state index in [1.54, 1.807) is 6.07 Å². The van der Waals surface area contributed by atoms with Crippen molar-refractivity contribution in [2.45, 2.75) is 12.5 Å². The van der Waals surface area contributed by atoms with Gasteiger partial charge in [0.25, 0.3) is 0 Å². The molecule has 1 unspecified atom stereocenters. The minimum Gasteiger partial charge on any atom is -0.487 e. The third-order valence-corrected chi connectivity index (χ3v) is 2.58. The molecule has 0 saturated carbocycles. The highest BCUT2D eigenvalue weighted by atomic mass is 35.5. The second-order valence-electron chi connectivity index (χ2n) is 3.06. The lowest BCUT2D eigenvalue weighted by atomic mass is 10.1. The van der Waals surface area contributed by atoms with Gasteiger partial charge in [-0.3, -0.25) is 0 Å². The highest BCUT2D eigenvalue weighted by molar-refractivity contribution is 6.35. The van der Waals surface area contributed by atoms with E-state index >= 15 is 0 Å². The Labute approximate surface area is 98.7 Å². The molecule has 0 bridgehead atoms. The van der Waals surface area contributed by atoms with E-state index in [4.69, 9.17) is 33.7 Å². The average molecular weight is 255 g/mol. The summed E-state index contributed by atoms with van der Waals surface area (Å²) in [5, 5.41) is 1.21. The number of hydrogen-bond acceptors (Lipinski definition) is 2. The van der Waals surface area contributed by atoms with Crippen LogP contribution >= 0.6 is 35.6 Å². The standard InChI is InChI=1S/C9H9Cl2NO.ClH/c10-6-1-5-2-7(4-12)13-9(5)8(11)3-6;/h1,3,7H,2,4,12H2;1H. The molecule has 78 valence electrons. The maximum atomic E-state index is 5.95. The maximum absolute atomic E-state index is 5.95. The molecule has 0 spiro atoms. The van der Waals surface area contributed by atoms with E-state index in [2.05, 4.69) is 0 Å². The van der Waals surface area contributed by atoms with Gasteiger partial charge in [0.1, 0.15) is 11.9 Å². The molecule has 1 aromatic rings. The van der Waals surface area contributed by atoms with Crippen LogP contribution in [0.5, 0.6) is 5.75 Å². The number of benzene rings is 1. The lowest BCUT2D eigenvalue weighted by Gasteiger charge is -2.06. The van der Waals surface area contributed by atoms with Gasteiger partial charge in [-0.05, 0) is 12.1 Å². The van der Waals surface area contributed by atoms with E-state index in [1.807, 2.05) is 6.07 Å². The van der Waals surface area contributed by atoms with Gasteiger partial charge in [-0.2, -0.15) is 0 Å². The number of fused-ring (bicyclic) bond motifs is 1. The molecular weight excluding hydrogens is 244 g/mol. The van der Waals surface area contributed by atoms with Crippen molar-refractivity contribution in [3.05, 3.63) is 27.7 Å². The molecule has 2 rings (SSSR count). The van der Waals surface area contributed by atoms with Gasteiger partial charge < -0.3 is 10.5 Å². The van der Waals surface area contributed by atoms with Crippen LogP contribution in [0.1, 0.15) is 5.56 Å². The Morgan fingerprint density at radius 2 is 2.14 bits per heavy atom. The zero-order chi connectivity index (χ0) is 9.42. The summed E-state index contributed by atoms with van der Waals surface area (Å²) in [6, 6.07) is 3.55. The highest BCUT2D eigenvalue weighted by Gasteiger charge is 2.24. The van der Waals surface area contributed by atoms with Crippen LogP contribution in [0.4, 0.5) is 0 Å². The van der Waals surface area contributed by atoms with E-state index < -0.39 is 0 Å². The molecule has 1 aliphatic heterocycles. The van der Waals surface area contributed by atoms with E-state index in [0.717, 1.165) is 17.7 Å². The average Bonchev–Trinajstić information content (AvgIpc) is 2.47. The maximum Gasteiger partial charge on any atom is 0.141 e. The smallest absolute Gasteiger partial charge is 0.141 e. The summed E-state index contributed by atoms with van der Waals surface area (Å²) < 4.78 is 5.53. The van der Waals surface area contributed by atoms with Crippen molar-refractivity contribution in [1.82, 2.24) is 0 Å². The van der Waals surface area contributed by atoms with Crippen molar-refractivity contribution >= 4 is 35.6 Å². The molecule has 0 aliphatic carbocycles. The zero-order valence-corrected chi connectivity index (χ0v) is 9.62. The first-order valence-corrected chi connectivity index (χ1v) is 4.81. The molecule has 2 nitrogen and oxygen atoms in total. The Bertz CT molecular complexity index is 343. The van der Waals surface area contributed by atoms with Gasteiger partial charge in [-0.15, -0.1) is 12.4 Å². The van der Waals surface area contributed by atoms with Crippen molar-refractivity contribution in [2.75, 3.05) is 6.54 Å². The Balaban J connectivity index is 0.000000980. The van der Waals surface area contributed by atoms with Gasteiger partial charge in [0.15, 0.2) is 0 Å². The van der Waals surface area contributed by atoms with Crippen LogP contribution in [-0.4, -0.2) is 12.6 Å². The summed E-state index contributed by atoms with van der Waals surface area (Å²) in [6.07, 6.45) is 0.845.